The Kier molecular flexibility index (Phi) is 4.27. The van der Waals surface area contributed by atoms with Gasteiger partial charge in [0.2, 0.25) is 0 Å². The molecule has 0 aliphatic heterocycles. The number of ether oxygens (including phenoxy) is 2. The van der Waals surface area contributed by atoms with E-state index >= 15 is 0 Å². The maximum Gasteiger partial charge on any atom is 0.337 e. The summed E-state index contributed by atoms with van der Waals surface area (Å²) in [5, 5.41) is 0. The van der Waals surface area contributed by atoms with Crippen molar-refractivity contribution in [2.75, 3.05) is 14.2 Å². The highest BCUT2D eigenvalue weighted by atomic mass is 16.5. The molecule has 0 unspecified atom stereocenters. The summed E-state index contributed by atoms with van der Waals surface area (Å²) in [6, 6.07) is 4.86. The quantitative estimate of drug-likeness (QED) is 0.440. The number of hydrogen-bond acceptors (Lipinski definition) is 4. The average molecular weight is 220 g/mol. The third-order valence-corrected chi connectivity index (χ3v) is 2.01. The Bertz CT molecular complexity index is 421. The lowest BCUT2D eigenvalue weighted by molar-refractivity contribution is -0.104. The van der Waals surface area contributed by atoms with Crippen molar-refractivity contribution in [2.24, 2.45) is 0 Å². The molecule has 0 aliphatic carbocycles. The predicted octanol–water partition coefficient (Wildman–Crippen LogP) is 1.69. The molecule has 0 aromatic heterocycles. The number of carbonyl (C=O) groups is 2. The molecule has 0 fully saturated rings. The molecule has 84 valence electrons. The van der Waals surface area contributed by atoms with E-state index in [0.717, 1.165) is 5.56 Å². The Morgan fingerprint density at radius 1 is 1.31 bits per heavy atom. The first-order chi connectivity index (χ1) is 7.72. The van der Waals surface area contributed by atoms with Crippen LogP contribution in [-0.2, 0) is 9.53 Å². The molecule has 0 heterocycles. The molecular weight excluding hydrogens is 208 g/mol. The molecule has 1 aromatic rings. The first kappa shape index (κ1) is 12.0. The van der Waals surface area contributed by atoms with Gasteiger partial charge in [-0.05, 0) is 24.3 Å². The van der Waals surface area contributed by atoms with E-state index in [2.05, 4.69) is 4.74 Å². The number of hydrogen-bond donors (Lipinski definition) is 0. The summed E-state index contributed by atoms with van der Waals surface area (Å²) >= 11 is 0. The number of carbonyl (C=O) groups excluding carboxylic acids is 2. The smallest absolute Gasteiger partial charge is 0.337 e. The summed E-state index contributed by atoms with van der Waals surface area (Å²) in [5.41, 5.74) is 1.13. The van der Waals surface area contributed by atoms with Gasteiger partial charge in [-0.1, -0.05) is 6.07 Å². The van der Waals surface area contributed by atoms with Crippen molar-refractivity contribution in [1.29, 1.82) is 0 Å². The number of benzene rings is 1. The Labute approximate surface area is 93.5 Å². The van der Waals surface area contributed by atoms with Crippen LogP contribution in [0.5, 0.6) is 5.75 Å². The Morgan fingerprint density at radius 2 is 2.06 bits per heavy atom. The number of rotatable bonds is 4. The van der Waals surface area contributed by atoms with Gasteiger partial charge >= 0.3 is 5.97 Å². The Morgan fingerprint density at radius 3 is 2.62 bits per heavy atom. The number of allylic oxidation sites excluding steroid dienone is 1. The molecule has 0 saturated carbocycles. The lowest BCUT2D eigenvalue weighted by Gasteiger charge is -2.06. The van der Waals surface area contributed by atoms with Crippen LogP contribution in [0.2, 0.25) is 0 Å². The molecule has 0 spiro atoms. The Balaban J connectivity index is 3.11. The van der Waals surface area contributed by atoms with E-state index in [1.807, 2.05) is 0 Å². The van der Waals surface area contributed by atoms with Crippen molar-refractivity contribution in [3.05, 3.63) is 35.4 Å². The second-order valence-electron chi connectivity index (χ2n) is 2.94. The molecule has 0 saturated heterocycles. The molecule has 0 atom stereocenters. The fourth-order valence-electron chi connectivity index (χ4n) is 1.24. The molecule has 0 aliphatic rings. The summed E-state index contributed by atoms with van der Waals surface area (Å²) in [6.45, 7) is 0. The summed E-state index contributed by atoms with van der Waals surface area (Å²) in [6.07, 6.45) is 3.64. The highest BCUT2D eigenvalue weighted by Crippen LogP contribution is 2.21. The second kappa shape index (κ2) is 5.70. The van der Waals surface area contributed by atoms with Crippen LogP contribution in [-0.4, -0.2) is 26.5 Å². The minimum atomic E-state index is -0.427. The van der Waals surface area contributed by atoms with Crippen molar-refractivity contribution in [1.82, 2.24) is 0 Å². The number of esters is 1. The third-order valence-electron chi connectivity index (χ3n) is 2.01. The SMILES string of the molecule is COC(=O)c1ccc(C=CC=O)c(OC)c1. The lowest BCUT2D eigenvalue weighted by atomic mass is 10.1. The van der Waals surface area contributed by atoms with Gasteiger partial charge in [-0.15, -0.1) is 0 Å². The molecule has 16 heavy (non-hydrogen) atoms. The second-order valence-corrected chi connectivity index (χ2v) is 2.94. The van der Waals surface area contributed by atoms with E-state index in [1.165, 1.54) is 20.3 Å². The number of methoxy groups -OCH3 is 2. The fourth-order valence-corrected chi connectivity index (χ4v) is 1.24. The van der Waals surface area contributed by atoms with Gasteiger partial charge < -0.3 is 9.47 Å². The first-order valence-corrected chi connectivity index (χ1v) is 4.61. The molecule has 1 rings (SSSR count). The maximum absolute atomic E-state index is 11.3. The highest BCUT2D eigenvalue weighted by molar-refractivity contribution is 5.90. The summed E-state index contributed by atoms with van der Waals surface area (Å²) < 4.78 is 9.69. The molecular formula is C12H12O4. The average Bonchev–Trinajstić information content (AvgIpc) is 2.35. The van der Waals surface area contributed by atoms with Gasteiger partial charge in [-0.3, -0.25) is 4.79 Å². The molecule has 0 amide bonds. The van der Waals surface area contributed by atoms with Crippen LogP contribution in [0.15, 0.2) is 24.3 Å². The molecule has 0 radical (unpaired) electrons. The molecule has 0 bridgehead atoms. The van der Waals surface area contributed by atoms with Crippen molar-refractivity contribution >= 4 is 18.3 Å². The van der Waals surface area contributed by atoms with Crippen LogP contribution in [0, 0.1) is 0 Å². The van der Waals surface area contributed by atoms with Crippen molar-refractivity contribution < 1.29 is 19.1 Å². The lowest BCUT2D eigenvalue weighted by Crippen LogP contribution is -2.01. The minimum Gasteiger partial charge on any atom is -0.496 e. The van der Waals surface area contributed by atoms with Gasteiger partial charge in [0.1, 0.15) is 12.0 Å². The molecule has 4 nitrogen and oxygen atoms in total. The Hall–Kier alpha value is -2.10. The van der Waals surface area contributed by atoms with E-state index in [4.69, 9.17) is 4.74 Å². The van der Waals surface area contributed by atoms with E-state index in [0.29, 0.717) is 17.6 Å². The minimum absolute atomic E-state index is 0.405. The third kappa shape index (κ3) is 2.70. The van der Waals surface area contributed by atoms with Crippen molar-refractivity contribution in [3.63, 3.8) is 0 Å². The van der Waals surface area contributed by atoms with Gasteiger partial charge in [0.05, 0.1) is 19.8 Å². The summed E-state index contributed by atoms with van der Waals surface area (Å²) in [5.74, 6) is 0.0882. The van der Waals surface area contributed by atoms with Crippen LogP contribution in [0.25, 0.3) is 6.08 Å². The van der Waals surface area contributed by atoms with E-state index < -0.39 is 5.97 Å². The summed E-state index contributed by atoms with van der Waals surface area (Å²) in [4.78, 5) is 21.5. The fraction of sp³-hybridized carbons (Fsp3) is 0.167. The van der Waals surface area contributed by atoms with Gasteiger partial charge in [-0.2, -0.15) is 0 Å². The van der Waals surface area contributed by atoms with Gasteiger partial charge in [0.15, 0.2) is 0 Å². The van der Waals surface area contributed by atoms with Crippen LogP contribution >= 0.6 is 0 Å². The zero-order valence-corrected chi connectivity index (χ0v) is 9.10. The van der Waals surface area contributed by atoms with E-state index in [1.54, 1.807) is 24.3 Å². The topological polar surface area (TPSA) is 52.6 Å². The standard InChI is InChI=1S/C12H12O4/c1-15-11-8-10(12(14)16-2)6-5-9(11)4-3-7-13/h3-8H,1-2H3. The van der Waals surface area contributed by atoms with Crippen LogP contribution < -0.4 is 4.74 Å². The first-order valence-electron chi connectivity index (χ1n) is 4.61. The predicted molar refractivity (Wildman–Crippen MR) is 59.4 cm³/mol. The van der Waals surface area contributed by atoms with Crippen molar-refractivity contribution in [3.8, 4) is 5.75 Å². The van der Waals surface area contributed by atoms with Crippen LogP contribution in [0.3, 0.4) is 0 Å². The summed E-state index contributed by atoms with van der Waals surface area (Å²) in [7, 11) is 2.81. The van der Waals surface area contributed by atoms with Crippen LogP contribution in [0.4, 0.5) is 0 Å². The van der Waals surface area contributed by atoms with Crippen LogP contribution in [0.1, 0.15) is 15.9 Å². The molecule has 1 aromatic carbocycles. The maximum atomic E-state index is 11.3. The van der Waals surface area contributed by atoms with Crippen molar-refractivity contribution in [2.45, 2.75) is 0 Å². The number of aldehydes is 1. The zero-order chi connectivity index (χ0) is 12.0. The normalized spacial score (nSPS) is 10.1. The monoisotopic (exact) mass is 220 g/mol. The van der Waals surface area contributed by atoms with E-state index in [9.17, 15) is 9.59 Å². The van der Waals surface area contributed by atoms with Gasteiger partial charge in [0.25, 0.3) is 0 Å². The highest BCUT2D eigenvalue weighted by Gasteiger charge is 2.08. The van der Waals surface area contributed by atoms with Gasteiger partial charge in [0, 0.05) is 5.56 Å². The largest absolute Gasteiger partial charge is 0.496 e. The zero-order valence-electron chi connectivity index (χ0n) is 9.10. The molecule has 4 heteroatoms. The van der Waals surface area contributed by atoms with E-state index in [-0.39, 0.29) is 0 Å². The molecule has 0 N–H and O–H groups in total. The van der Waals surface area contributed by atoms with Gasteiger partial charge in [-0.25, -0.2) is 4.79 Å².